The van der Waals surface area contributed by atoms with Crippen molar-refractivity contribution in [3.8, 4) is 11.5 Å². The summed E-state index contributed by atoms with van der Waals surface area (Å²) in [4.78, 5) is 14.9. The number of aromatic hydroxyl groups is 1. The molecular weight excluding hydrogens is 328 g/mol. The number of carbonyl (C=O) groups is 1. The number of phenols is 1. The molecule has 5 nitrogen and oxygen atoms in total. The fourth-order valence-corrected chi connectivity index (χ4v) is 3.20. The number of fused-ring (bicyclic) bond motifs is 1. The molecule has 1 atom stereocenters. The molecule has 26 heavy (non-hydrogen) atoms. The van der Waals surface area contributed by atoms with E-state index in [9.17, 15) is 9.90 Å². The lowest BCUT2D eigenvalue weighted by Crippen LogP contribution is -2.43. The molecule has 130 valence electrons. The van der Waals surface area contributed by atoms with Crippen molar-refractivity contribution < 1.29 is 14.6 Å². The number of hydrogen-bond acceptors (Lipinski definition) is 4. The van der Waals surface area contributed by atoms with Gasteiger partial charge >= 0.3 is 0 Å². The highest BCUT2D eigenvalue weighted by atomic mass is 16.5. The zero-order valence-corrected chi connectivity index (χ0v) is 14.2. The lowest BCUT2D eigenvalue weighted by molar-refractivity contribution is 0.0974. The summed E-state index contributed by atoms with van der Waals surface area (Å²) in [5.74, 6) is 0.721. The van der Waals surface area contributed by atoms with Gasteiger partial charge in [0.05, 0.1) is 12.7 Å². The average Bonchev–Trinajstić information content (AvgIpc) is 2.68. The molecule has 2 N–H and O–H groups in total. The van der Waals surface area contributed by atoms with E-state index in [1.54, 1.807) is 30.2 Å². The van der Waals surface area contributed by atoms with Crippen molar-refractivity contribution in [1.82, 2.24) is 0 Å². The Morgan fingerprint density at radius 2 is 1.65 bits per heavy atom. The molecule has 0 bridgehead atoms. The van der Waals surface area contributed by atoms with Crippen LogP contribution in [0.2, 0.25) is 0 Å². The minimum Gasteiger partial charge on any atom is -0.508 e. The number of nitrogens with one attached hydrogen (secondary N) is 1. The van der Waals surface area contributed by atoms with Gasteiger partial charge in [0.1, 0.15) is 17.7 Å². The van der Waals surface area contributed by atoms with Gasteiger partial charge in [0.15, 0.2) is 0 Å². The standard InChI is InChI=1S/C21H18N2O3/c1-26-15-12-10-14(11-13-15)23-20(17-7-3-5-9-19(17)24)22-18-8-4-2-6-16(18)21(23)25/h2-13,20,22,24H,1H3/t20-/m1/s1. The van der Waals surface area contributed by atoms with Crippen LogP contribution in [0.25, 0.3) is 0 Å². The maximum Gasteiger partial charge on any atom is 0.262 e. The van der Waals surface area contributed by atoms with Crippen LogP contribution in [-0.4, -0.2) is 18.1 Å². The number of anilines is 2. The van der Waals surface area contributed by atoms with Gasteiger partial charge in [-0.15, -0.1) is 0 Å². The van der Waals surface area contributed by atoms with Crippen molar-refractivity contribution in [2.45, 2.75) is 6.17 Å². The monoisotopic (exact) mass is 346 g/mol. The van der Waals surface area contributed by atoms with Gasteiger partial charge in [0.2, 0.25) is 0 Å². The first kappa shape index (κ1) is 16.0. The van der Waals surface area contributed by atoms with Crippen LogP contribution in [0.1, 0.15) is 22.1 Å². The lowest BCUT2D eigenvalue weighted by atomic mass is 10.0. The Bertz CT molecular complexity index is 953. The van der Waals surface area contributed by atoms with Crippen LogP contribution in [-0.2, 0) is 0 Å². The van der Waals surface area contributed by atoms with Gasteiger partial charge in [-0.1, -0.05) is 30.3 Å². The molecule has 0 unspecified atom stereocenters. The predicted molar refractivity (Wildman–Crippen MR) is 101 cm³/mol. The SMILES string of the molecule is COc1ccc(N2C(=O)c3ccccc3N[C@H]2c2ccccc2O)cc1. The summed E-state index contributed by atoms with van der Waals surface area (Å²) in [7, 11) is 1.60. The van der Waals surface area contributed by atoms with Crippen LogP contribution in [0.4, 0.5) is 11.4 Å². The number of hydrogen-bond donors (Lipinski definition) is 2. The zero-order chi connectivity index (χ0) is 18.1. The first-order chi connectivity index (χ1) is 12.7. The highest BCUT2D eigenvalue weighted by Gasteiger charge is 2.35. The van der Waals surface area contributed by atoms with Crippen LogP contribution >= 0.6 is 0 Å². The third-order valence-corrected chi connectivity index (χ3v) is 4.51. The summed E-state index contributed by atoms with van der Waals surface area (Å²) in [6.45, 7) is 0. The van der Waals surface area contributed by atoms with Gasteiger partial charge in [-0.05, 0) is 42.5 Å². The number of carbonyl (C=O) groups excluding carboxylic acids is 1. The molecule has 3 aromatic carbocycles. The van der Waals surface area contributed by atoms with Crippen molar-refractivity contribution >= 4 is 17.3 Å². The predicted octanol–water partition coefficient (Wildman–Crippen LogP) is 4.17. The van der Waals surface area contributed by atoms with Crippen LogP contribution in [0.5, 0.6) is 11.5 Å². The first-order valence-corrected chi connectivity index (χ1v) is 8.30. The second-order valence-corrected chi connectivity index (χ2v) is 6.02. The van der Waals surface area contributed by atoms with E-state index in [0.717, 1.165) is 5.69 Å². The molecular formula is C21H18N2O3. The van der Waals surface area contributed by atoms with E-state index < -0.39 is 6.17 Å². The number of rotatable bonds is 3. The average molecular weight is 346 g/mol. The summed E-state index contributed by atoms with van der Waals surface area (Å²) in [6.07, 6.45) is -0.521. The molecule has 0 fully saturated rings. The Labute approximate surface area is 151 Å². The van der Waals surface area contributed by atoms with E-state index >= 15 is 0 Å². The van der Waals surface area contributed by atoms with Crippen LogP contribution in [0, 0.1) is 0 Å². The molecule has 0 aromatic heterocycles. The molecule has 1 aliphatic heterocycles. The number of nitrogens with zero attached hydrogens (tertiary/aromatic N) is 1. The smallest absolute Gasteiger partial charge is 0.262 e. The highest BCUT2D eigenvalue weighted by Crippen LogP contribution is 2.39. The number of methoxy groups -OCH3 is 1. The van der Waals surface area contributed by atoms with Crippen LogP contribution in [0.15, 0.2) is 72.8 Å². The van der Waals surface area contributed by atoms with Gasteiger partial charge in [-0.25, -0.2) is 0 Å². The lowest BCUT2D eigenvalue weighted by Gasteiger charge is -2.38. The van der Waals surface area contributed by atoms with Crippen molar-refractivity contribution in [2.75, 3.05) is 17.3 Å². The maximum absolute atomic E-state index is 13.2. The summed E-state index contributed by atoms with van der Waals surface area (Å²) in [5.41, 5.74) is 2.68. The molecule has 0 saturated heterocycles. The Kier molecular flexibility index (Phi) is 3.97. The van der Waals surface area contributed by atoms with E-state index in [1.165, 1.54) is 0 Å². The number of para-hydroxylation sites is 2. The third-order valence-electron chi connectivity index (χ3n) is 4.51. The largest absolute Gasteiger partial charge is 0.508 e. The van der Waals surface area contributed by atoms with E-state index in [4.69, 9.17) is 4.74 Å². The molecule has 0 aliphatic carbocycles. The molecule has 0 radical (unpaired) electrons. The Hall–Kier alpha value is -3.47. The summed E-state index contributed by atoms with van der Waals surface area (Å²) >= 11 is 0. The second-order valence-electron chi connectivity index (χ2n) is 6.02. The van der Waals surface area contributed by atoms with Crippen LogP contribution < -0.4 is 15.0 Å². The minimum absolute atomic E-state index is 0.127. The minimum atomic E-state index is -0.521. The molecule has 1 amide bonds. The Balaban J connectivity index is 1.86. The first-order valence-electron chi connectivity index (χ1n) is 8.30. The normalized spacial score (nSPS) is 16.0. The number of amides is 1. The number of ether oxygens (including phenoxy) is 1. The second kappa shape index (κ2) is 6.44. The van der Waals surface area contributed by atoms with Crippen molar-refractivity contribution in [2.24, 2.45) is 0 Å². The van der Waals surface area contributed by atoms with E-state index in [0.29, 0.717) is 22.6 Å². The summed E-state index contributed by atoms with van der Waals surface area (Å²) in [5, 5.41) is 13.7. The Morgan fingerprint density at radius 1 is 0.962 bits per heavy atom. The maximum atomic E-state index is 13.2. The summed E-state index contributed by atoms with van der Waals surface area (Å²) < 4.78 is 5.21. The zero-order valence-electron chi connectivity index (χ0n) is 14.2. The fraction of sp³-hybridized carbons (Fsp3) is 0.0952. The van der Waals surface area contributed by atoms with Gasteiger partial charge < -0.3 is 15.2 Å². The van der Waals surface area contributed by atoms with Crippen molar-refractivity contribution in [1.29, 1.82) is 0 Å². The van der Waals surface area contributed by atoms with Gasteiger partial charge in [-0.3, -0.25) is 9.69 Å². The van der Waals surface area contributed by atoms with E-state index in [-0.39, 0.29) is 11.7 Å². The van der Waals surface area contributed by atoms with E-state index in [1.807, 2.05) is 54.6 Å². The summed E-state index contributed by atoms with van der Waals surface area (Å²) in [6, 6.07) is 21.7. The quantitative estimate of drug-likeness (QED) is 0.747. The molecule has 1 aliphatic rings. The van der Waals surface area contributed by atoms with Crippen molar-refractivity contribution in [3.63, 3.8) is 0 Å². The third kappa shape index (κ3) is 2.63. The fourth-order valence-electron chi connectivity index (χ4n) is 3.20. The van der Waals surface area contributed by atoms with E-state index in [2.05, 4.69) is 5.32 Å². The Morgan fingerprint density at radius 3 is 2.38 bits per heavy atom. The molecule has 0 saturated carbocycles. The van der Waals surface area contributed by atoms with Gasteiger partial charge in [0, 0.05) is 16.9 Å². The molecule has 1 heterocycles. The number of benzene rings is 3. The van der Waals surface area contributed by atoms with Crippen molar-refractivity contribution in [3.05, 3.63) is 83.9 Å². The van der Waals surface area contributed by atoms with Gasteiger partial charge in [0.25, 0.3) is 5.91 Å². The molecule has 5 heteroatoms. The van der Waals surface area contributed by atoms with Crippen LogP contribution in [0.3, 0.4) is 0 Å². The molecule has 3 aromatic rings. The molecule has 0 spiro atoms. The molecule has 4 rings (SSSR count). The van der Waals surface area contributed by atoms with Gasteiger partial charge in [-0.2, -0.15) is 0 Å². The highest BCUT2D eigenvalue weighted by molar-refractivity contribution is 6.12. The number of phenolic OH excluding ortho intramolecular Hbond substituents is 1. The topological polar surface area (TPSA) is 61.8 Å².